The molecule has 0 spiro atoms. The van der Waals surface area contributed by atoms with Crippen molar-refractivity contribution in [1.29, 1.82) is 0 Å². The number of Topliss-reactive ketones (excluding diaryl/α,β-unsaturated/α-hetero) is 1. The van der Waals surface area contributed by atoms with E-state index in [4.69, 9.17) is 0 Å². The van der Waals surface area contributed by atoms with Gasteiger partial charge in [-0.2, -0.15) is 0 Å². The molecule has 0 heterocycles. The minimum absolute atomic E-state index is 0.183. The van der Waals surface area contributed by atoms with Gasteiger partial charge in [-0.15, -0.1) is 0 Å². The lowest BCUT2D eigenvalue weighted by atomic mass is 10.1. The summed E-state index contributed by atoms with van der Waals surface area (Å²) in [5.41, 5.74) is 5.59. The summed E-state index contributed by atoms with van der Waals surface area (Å²) in [6, 6.07) is 13.9. The fraction of sp³-hybridized carbons (Fsp3) is 0.278. The fourth-order valence-electron chi connectivity index (χ4n) is 2.14. The molecule has 0 unspecified atom stereocenters. The predicted molar refractivity (Wildman–Crippen MR) is 84.5 cm³/mol. The smallest absolute Gasteiger partial charge is 0.164 e. The molecule has 0 saturated carbocycles. The molecule has 0 bridgehead atoms. The summed E-state index contributed by atoms with van der Waals surface area (Å²) in [7, 11) is 0. The van der Waals surface area contributed by atoms with Crippen molar-refractivity contribution in [2.75, 3.05) is 11.9 Å². The van der Waals surface area contributed by atoms with E-state index in [1.54, 1.807) is 0 Å². The number of aryl methyl sites for hydroxylation is 2. The molecule has 1 N–H and O–H groups in total. The largest absolute Gasteiger partial charge is 0.384 e. The third kappa shape index (κ3) is 3.47. The predicted octanol–water partition coefficient (Wildman–Crippen LogP) is 4.30. The number of carbonyl (C=O) groups is 1. The quantitative estimate of drug-likeness (QED) is 0.818. The van der Waals surface area contributed by atoms with Gasteiger partial charge in [0.05, 0.1) is 0 Å². The van der Waals surface area contributed by atoms with Gasteiger partial charge in [0, 0.05) is 24.2 Å². The van der Waals surface area contributed by atoms with Crippen LogP contribution < -0.4 is 5.32 Å². The molecule has 2 aromatic carbocycles. The minimum Gasteiger partial charge on any atom is -0.384 e. The highest BCUT2D eigenvalue weighted by Crippen LogP contribution is 2.18. The number of hydrogen-bond donors (Lipinski definition) is 1. The fourth-order valence-corrected chi connectivity index (χ4v) is 2.14. The Bertz CT molecular complexity index is 599. The Morgan fingerprint density at radius 2 is 1.70 bits per heavy atom. The number of ketones is 1. The summed E-state index contributed by atoms with van der Waals surface area (Å²) in [5, 5.41) is 3.34. The first kappa shape index (κ1) is 14.3. The van der Waals surface area contributed by atoms with Gasteiger partial charge in [0.15, 0.2) is 5.78 Å². The summed E-state index contributed by atoms with van der Waals surface area (Å²) in [4.78, 5) is 12.1. The standard InChI is InChI=1S/C18H21NO/c1-13-7-9-16(10-8-13)18(20)11-12-19-17-6-4-5-14(2)15(17)3/h4-10,19H,11-12H2,1-3H3. The van der Waals surface area contributed by atoms with Crippen molar-refractivity contribution in [2.45, 2.75) is 27.2 Å². The van der Waals surface area contributed by atoms with Gasteiger partial charge in [-0.1, -0.05) is 42.0 Å². The van der Waals surface area contributed by atoms with Crippen molar-refractivity contribution < 1.29 is 4.79 Å². The van der Waals surface area contributed by atoms with Gasteiger partial charge < -0.3 is 5.32 Å². The molecule has 0 atom stereocenters. The number of rotatable bonds is 5. The van der Waals surface area contributed by atoms with Gasteiger partial charge in [-0.3, -0.25) is 4.79 Å². The Kier molecular flexibility index (Phi) is 4.57. The average molecular weight is 267 g/mol. The molecule has 0 aliphatic rings. The van der Waals surface area contributed by atoms with Crippen LogP contribution in [0.5, 0.6) is 0 Å². The highest BCUT2D eigenvalue weighted by Gasteiger charge is 2.06. The molecule has 2 heteroatoms. The lowest BCUT2D eigenvalue weighted by Crippen LogP contribution is -2.09. The first-order valence-electron chi connectivity index (χ1n) is 6.98. The van der Waals surface area contributed by atoms with Crippen molar-refractivity contribution in [1.82, 2.24) is 0 Å². The molecular formula is C18H21NO. The zero-order valence-corrected chi connectivity index (χ0v) is 12.4. The van der Waals surface area contributed by atoms with Crippen LogP contribution in [0.3, 0.4) is 0 Å². The van der Waals surface area contributed by atoms with Crippen LogP contribution in [0.4, 0.5) is 5.69 Å². The first-order valence-corrected chi connectivity index (χ1v) is 6.98. The molecule has 0 fully saturated rings. The SMILES string of the molecule is Cc1ccc(C(=O)CCNc2cccc(C)c2C)cc1. The van der Waals surface area contributed by atoms with Crippen LogP contribution in [0, 0.1) is 20.8 Å². The molecule has 20 heavy (non-hydrogen) atoms. The molecule has 0 radical (unpaired) electrons. The van der Waals surface area contributed by atoms with E-state index in [9.17, 15) is 4.79 Å². The lowest BCUT2D eigenvalue weighted by molar-refractivity contribution is 0.0986. The lowest BCUT2D eigenvalue weighted by Gasteiger charge is -2.11. The zero-order chi connectivity index (χ0) is 14.5. The van der Waals surface area contributed by atoms with Crippen LogP contribution in [0.15, 0.2) is 42.5 Å². The van der Waals surface area contributed by atoms with E-state index in [0.29, 0.717) is 13.0 Å². The molecule has 0 aromatic heterocycles. The van der Waals surface area contributed by atoms with E-state index in [0.717, 1.165) is 11.3 Å². The number of benzene rings is 2. The molecular weight excluding hydrogens is 246 g/mol. The molecule has 104 valence electrons. The molecule has 0 saturated heterocycles. The molecule has 0 aliphatic heterocycles. The van der Waals surface area contributed by atoms with Crippen molar-refractivity contribution in [2.24, 2.45) is 0 Å². The van der Waals surface area contributed by atoms with Gasteiger partial charge >= 0.3 is 0 Å². The Labute approximate surface area is 120 Å². The molecule has 2 rings (SSSR count). The van der Waals surface area contributed by atoms with Gasteiger partial charge in [0.25, 0.3) is 0 Å². The summed E-state index contributed by atoms with van der Waals surface area (Å²) >= 11 is 0. The Balaban J connectivity index is 1.91. The van der Waals surface area contributed by atoms with E-state index >= 15 is 0 Å². The van der Waals surface area contributed by atoms with Crippen LogP contribution in [0.2, 0.25) is 0 Å². The molecule has 0 amide bonds. The second-order valence-corrected chi connectivity index (χ2v) is 5.21. The van der Waals surface area contributed by atoms with Gasteiger partial charge in [-0.05, 0) is 38.0 Å². The van der Waals surface area contributed by atoms with E-state index in [-0.39, 0.29) is 5.78 Å². The zero-order valence-electron chi connectivity index (χ0n) is 12.4. The molecule has 2 nitrogen and oxygen atoms in total. The van der Waals surface area contributed by atoms with Crippen LogP contribution in [-0.4, -0.2) is 12.3 Å². The van der Waals surface area contributed by atoms with Crippen molar-refractivity contribution >= 4 is 11.5 Å². The van der Waals surface area contributed by atoms with Crippen molar-refractivity contribution in [3.05, 3.63) is 64.7 Å². The Morgan fingerprint density at radius 1 is 1.00 bits per heavy atom. The number of anilines is 1. The number of carbonyl (C=O) groups excluding carboxylic acids is 1. The third-order valence-corrected chi connectivity index (χ3v) is 3.65. The average Bonchev–Trinajstić information content (AvgIpc) is 2.44. The van der Waals surface area contributed by atoms with Crippen molar-refractivity contribution in [3.63, 3.8) is 0 Å². The topological polar surface area (TPSA) is 29.1 Å². The summed E-state index contributed by atoms with van der Waals surface area (Å²) < 4.78 is 0. The van der Waals surface area contributed by atoms with Crippen LogP contribution in [0.25, 0.3) is 0 Å². The minimum atomic E-state index is 0.183. The number of nitrogens with one attached hydrogen (secondary N) is 1. The first-order chi connectivity index (χ1) is 9.58. The number of hydrogen-bond acceptors (Lipinski definition) is 2. The van der Waals surface area contributed by atoms with E-state index in [1.807, 2.05) is 37.3 Å². The maximum atomic E-state index is 12.1. The van der Waals surface area contributed by atoms with Gasteiger partial charge in [-0.25, -0.2) is 0 Å². The second kappa shape index (κ2) is 6.38. The maximum absolute atomic E-state index is 12.1. The van der Waals surface area contributed by atoms with Crippen molar-refractivity contribution in [3.8, 4) is 0 Å². The Hall–Kier alpha value is -2.09. The van der Waals surface area contributed by atoms with E-state index in [1.165, 1.54) is 16.7 Å². The van der Waals surface area contributed by atoms with Crippen LogP contribution in [-0.2, 0) is 0 Å². The highest BCUT2D eigenvalue weighted by molar-refractivity contribution is 5.96. The molecule has 0 aliphatic carbocycles. The third-order valence-electron chi connectivity index (χ3n) is 3.65. The summed E-state index contributed by atoms with van der Waals surface area (Å²) in [6.45, 7) is 6.88. The maximum Gasteiger partial charge on any atom is 0.164 e. The summed E-state index contributed by atoms with van der Waals surface area (Å²) in [5.74, 6) is 0.183. The normalized spacial score (nSPS) is 10.3. The van der Waals surface area contributed by atoms with E-state index < -0.39 is 0 Å². The summed E-state index contributed by atoms with van der Waals surface area (Å²) in [6.07, 6.45) is 0.510. The van der Waals surface area contributed by atoms with E-state index in [2.05, 4.69) is 31.3 Å². The van der Waals surface area contributed by atoms with Gasteiger partial charge in [0.1, 0.15) is 0 Å². The van der Waals surface area contributed by atoms with Gasteiger partial charge in [0.2, 0.25) is 0 Å². The highest BCUT2D eigenvalue weighted by atomic mass is 16.1. The second-order valence-electron chi connectivity index (χ2n) is 5.21. The molecule has 2 aromatic rings. The Morgan fingerprint density at radius 3 is 2.40 bits per heavy atom. The van der Waals surface area contributed by atoms with Crippen LogP contribution in [0.1, 0.15) is 33.5 Å². The van der Waals surface area contributed by atoms with Crippen LogP contribution >= 0.6 is 0 Å². The monoisotopic (exact) mass is 267 g/mol.